The molecule has 0 N–H and O–H groups in total. The van der Waals surface area contributed by atoms with Gasteiger partial charge in [-0.3, -0.25) is 14.6 Å². The number of benzene rings is 1. The van der Waals surface area contributed by atoms with E-state index >= 15 is 0 Å². The van der Waals surface area contributed by atoms with Crippen LogP contribution in [0.5, 0.6) is 0 Å². The predicted octanol–water partition coefficient (Wildman–Crippen LogP) is 2.36. The molecule has 140 valence electrons. The molecule has 1 aromatic heterocycles. The van der Waals surface area contributed by atoms with Gasteiger partial charge in [0, 0.05) is 55.9 Å². The van der Waals surface area contributed by atoms with Crippen LogP contribution >= 0.6 is 11.6 Å². The highest BCUT2D eigenvalue weighted by molar-refractivity contribution is 6.30. The molecule has 2 atom stereocenters. The van der Waals surface area contributed by atoms with Gasteiger partial charge in [-0.25, -0.2) is 4.98 Å². The summed E-state index contributed by atoms with van der Waals surface area (Å²) in [6.07, 6.45) is 3.37. The summed E-state index contributed by atoms with van der Waals surface area (Å²) in [6.45, 7) is 3.17. The van der Waals surface area contributed by atoms with Crippen molar-refractivity contribution in [3.8, 4) is 0 Å². The fourth-order valence-electron chi connectivity index (χ4n) is 3.94. The molecule has 1 saturated heterocycles. The van der Waals surface area contributed by atoms with Gasteiger partial charge in [0.1, 0.15) is 5.69 Å². The number of fused-ring (bicyclic) bond motifs is 1. The number of carbonyl (C=O) groups is 2. The van der Waals surface area contributed by atoms with Crippen molar-refractivity contribution in [2.75, 3.05) is 33.2 Å². The van der Waals surface area contributed by atoms with E-state index in [1.54, 1.807) is 18.3 Å². The number of hydrogen-bond acceptors (Lipinski definition) is 5. The van der Waals surface area contributed by atoms with Gasteiger partial charge in [-0.15, -0.1) is 0 Å². The second-order valence-corrected chi connectivity index (χ2v) is 7.61. The maximum absolute atomic E-state index is 13.0. The average Bonchev–Trinajstić information content (AvgIpc) is 2.95. The molecule has 1 fully saturated rings. The third kappa shape index (κ3) is 3.47. The van der Waals surface area contributed by atoms with Crippen LogP contribution in [0.15, 0.2) is 36.7 Å². The number of piperazine rings is 1. The minimum Gasteiger partial charge on any atom is -0.340 e. The molecule has 4 rings (SSSR count). The zero-order valence-corrected chi connectivity index (χ0v) is 15.9. The summed E-state index contributed by atoms with van der Waals surface area (Å²) in [4.78, 5) is 38.7. The van der Waals surface area contributed by atoms with E-state index in [0.29, 0.717) is 16.4 Å². The van der Waals surface area contributed by atoms with E-state index in [-0.39, 0.29) is 24.0 Å². The van der Waals surface area contributed by atoms with Crippen LogP contribution in [0.1, 0.15) is 40.0 Å². The van der Waals surface area contributed by atoms with Gasteiger partial charge in [-0.2, -0.15) is 0 Å². The summed E-state index contributed by atoms with van der Waals surface area (Å²) >= 11 is 6.00. The fourth-order valence-corrected chi connectivity index (χ4v) is 4.07. The fraction of sp³-hybridized carbons (Fsp3) is 0.400. The Morgan fingerprint density at radius 1 is 1.11 bits per heavy atom. The van der Waals surface area contributed by atoms with E-state index in [9.17, 15) is 9.59 Å². The van der Waals surface area contributed by atoms with Crippen LogP contribution in [0.25, 0.3) is 0 Å². The van der Waals surface area contributed by atoms with Gasteiger partial charge in [0.15, 0.2) is 5.78 Å². The van der Waals surface area contributed by atoms with Gasteiger partial charge in [0.25, 0.3) is 0 Å². The van der Waals surface area contributed by atoms with Crippen molar-refractivity contribution in [3.05, 3.63) is 58.6 Å². The Morgan fingerprint density at radius 2 is 1.78 bits per heavy atom. The van der Waals surface area contributed by atoms with Gasteiger partial charge in [0.2, 0.25) is 5.91 Å². The molecular weight excluding hydrogens is 364 g/mol. The first-order chi connectivity index (χ1) is 13.0. The first kappa shape index (κ1) is 18.1. The number of ketones is 1. The number of hydrogen-bond donors (Lipinski definition) is 0. The Labute approximate surface area is 163 Å². The maximum atomic E-state index is 13.0. The molecule has 1 amide bonds. The van der Waals surface area contributed by atoms with E-state index < -0.39 is 5.92 Å². The highest BCUT2D eigenvalue weighted by Gasteiger charge is 2.44. The molecule has 7 heteroatoms. The summed E-state index contributed by atoms with van der Waals surface area (Å²) in [5, 5.41) is 0.614. The first-order valence-electron chi connectivity index (χ1n) is 9.11. The number of likely N-dealkylation sites (N-methyl/N-ethyl adjacent to an activating group) is 1. The lowest BCUT2D eigenvalue weighted by atomic mass is 9.85. The topological polar surface area (TPSA) is 66.4 Å². The SMILES string of the molecule is CN1CCN(C(=O)CC2c3nccnc3C(=O)C2c2ccc(Cl)cc2)CC1. The van der Waals surface area contributed by atoms with Crippen LogP contribution < -0.4 is 0 Å². The van der Waals surface area contributed by atoms with Crippen LogP contribution in [0.3, 0.4) is 0 Å². The summed E-state index contributed by atoms with van der Waals surface area (Å²) in [6, 6.07) is 7.24. The standard InChI is InChI=1S/C20H21ClN4O2/c1-24-8-10-25(11-9-24)16(26)12-15-17(13-2-4-14(21)5-3-13)20(27)19-18(15)22-6-7-23-19/h2-7,15,17H,8-12H2,1H3. The van der Waals surface area contributed by atoms with Gasteiger partial charge in [-0.1, -0.05) is 23.7 Å². The van der Waals surface area contributed by atoms with E-state index in [2.05, 4.69) is 21.9 Å². The third-order valence-electron chi connectivity index (χ3n) is 5.48. The average molecular weight is 385 g/mol. The molecule has 0 bridgehead atoms. The highest BCUT2D eigenvalue weighted by Crippen LogP contribution is 2.44. The second-order valence-electron chi connectivity index (χ2n) is 7.18. The van der Waals surface area contributed by atoms with Gasteiger partial charge >= 0.3 is 0 Å². The Balaban J connectivity index is 1.63. The normalized spacial score (nSPS) is 22.7. The molecule has 0 radical (unpaired) electrons. The number of Topliss-reactive ketones (excluding diaryl/α,β-unsaturated/α-hetero) is 1. The largest absolute Gasteiger partial charge is 0.340 e. The molecule has 6 nitrogen and oxygen atoms in total. The Hall–Kier alpha value is -2.31. The number of carbonyl (C=O) groups excluding carboxylic acids is 2. The lowest BCUT2D eigenvalue weighted by molar-refractivity contribution is -0.133. The van der Waals surface area contributed by atoms with Gasteiger partial charge < -0.3 is 9.80 Å². The minimum atomic E-state index is -0.448. The minimum absolute atomic E-state index is 0.0679. The molecule has 2 aromatic rings. The van der Waals surface area contributed by atoms with E-state index in [1.807, 2.05) is 17.0 Å². The summed E-state index contributed by atoms with van der Waals surface area (Å²) in [5.74, 6) is -0.749. The molecule has 2 heterocycles. The highest BCUT2D eigenvalue weighted by atomic mass is 35.5. The van der Waals surface area contributed by atoms with Gasteiger partial charge in [-0.05, 0) is 24.7 Å². The Bertz CT molecular complexity index is 863. The van der Waals surface area contributed by atoms with Crippen molar-refractivity contribution >= 4 is 23.3 Å². The van der Waals surface area contributed by atoms with Crippen molar-refractivity contribution in [3.63, 3.8) is 0 Å². The van der Waals surface area contributed by atoms with Crippen LogP contribution in [0.4, 0.5) is 0 Å². The van der Waals surface area contributed by atoms with E-state index in [0.717, 1.165) is 31.7 Å². The molecule has 1 aliphatic heterocycles. The van der Waals surface area contributed by atoms with Crippen molar-refractivity contribution in [2.45, 2.75) is 18.3 Å². The summed E-state index contributed by atoms with van der Waals surface area (Å²) < 4.78 is 0. The smallest absolute Gasteiger partial charge is 0.223 e. The van der Waals surface area contributed by atoms with Crippen LogP contribution in [0, 0.1) is 0 Å². The molecule has 27 heavy (non-hydrogen) atoms. The number of halogens is 1. The summed E-state index contributed by atoms with van der Waals surface area (Å²) in [5.41, 5.74) is 1.86. The van der Waals surface area contributed by atoms with Crippen LogP contribution in [-0.4, -0.2) is 64.7 Å². The monoisotopic (exact) mass is 384 g/mol. The number of rotatable bonds is 3. The Kier molecular flexibility index (Phi) is 4.93. The molecule has 1 aliphatic carbocycles. The lowest BCUT2D eigenvalue weighted by Crippen LogP contribution is -2.47. The molecule has 2 unspecified atom stereocenters. The molecule has 2 aliphatic rings. The Morgan fingerprint density at radius 3 is 2.48 bits per heavy atom. The van der Waals surface area contributed by atoms with E-state index in [1.165, 1.54) is 6.20 Å². The van der Waals surface area contributed by atoms with Crippen LogP contribution in [0.2, 0.25) is 5.02 Å². The number of aromatic nitrogens is 2. The van der Waals surface area contributed by atoms with Crippen molar-refractivity contribution in [1.29, 1.82) is 0 Å². The third-order valence-corrected chi connectivity index (χ3v) is 5.73. The molecular formula is C20H21ClN4O2. The van der Waals surface area contributed by atoms with Crippen molar-refractivity contribution in [2.24, 2.45) is 0 Å². The zero-order chi connectivity index (χ0) is 19.0. The molecule has 0 spiro atoms. The van der Waals surface area contributed by atoms with E-state index in [4.69, 9.17) is 11.6 Å². The quantitative estimate of drug-likeness (QED) is 0.812. The molecule has 1 aromatic carbocycles. The van der Waals surface area contributed by atoms with Crippen LogP contribution in [-0.2, 0) is 4.79 Å². The second kappa shape index (κ2) is 7.37. The van der Waals surface area contributed by atoms with Crippen molar-refractivity contribution < 1.29 is 9.59 Å². The van der Waals surface area contributed by atoms with Gasteiger partial charge in [0.05, 0.1) is 11.6 Å². The summed E-state index contributed by atoms with van der Waals surface area (Å²) in [7, 11) is 2.06. The lowest BCUT2D eigenvalue weighted by Gasteiger charge is -2.33. The predicted molar refractivity (Wildman–Crippen MR) is 102 cm³/mol. The molecule has 0 saturated carbocycles. The number of amides is 1. The first-order valence-corrected chi connectivity index (χ1v) is 9.49. The zero-order valence-electron chi connectivity index (χ0n) is 15.1. The maximum Gasteiger partial charge on any atom is 0.223 e. The van der Waals surface area contributed by atoms with Crippen molar-refractivity contribution in [1.82, 2.24) is 19.8 Å². The number of nitrogens with zero attached hydrogens (tertiary/aromatic N) is 4.